The fraction of sp³-hybridized carbons (Fsp3) is 1.00. The zero-order valence-corrected chi connectivity index (χ0v) is 6.92. The fourth-order valence-electron chi connectivity index (χ4n) is 1.54. The van der Waals surface area contributed by atoms with Crippen LogP contribution in [-0.2, 0) is 4.74 Å². The van der Waals surface area contributed by atoms with Crippen molar-refractivity contribution in [2.45, 2.75) is 33.5 Å². The molecule has 2 heteroatoms. The maximum Gasteiger partial charge on any atom is 0.159 e. The van der Waals surface area contributed by atoms with Gasteiger partial charge in [0.05, 0.1) is 6.61 Å². The van der Waals surface area contributed by atoms with Gasteiger partial charge < -0.3 is 9.84 Å². The van der Waals surface area contributed by atoms with E-state index in [2.05, 4.69) is 6.92 Å². The largest absolute Gasteiger partial charge is 0.368 e. The standard InChI is InChI=1S/C8H16O2/c1-6-4-8(2,3)7(9)10-5-6/h6-7,9H,4-5H2,1-3H3. The van der Waals surface area contributed by atoms with Crippen LogP contribution in [-0.4, -0.2) is 18.0 Å². The van der Waals surface area contributed by atoms with Gasteiger partial charge in [-0.05, 0) is 12.3 Å². The summed E-state index contributed by atoms with van der Waals surface area (Å²) in [5.74, 6) is 0.582. The number of ether oxygens (including phenoxy) is 1. The van der Waals surface area contributed by atoms with E-state index in [1.54, 1.807) is 0 Å². The van der Waals surface area contributed by atoms with E-state index in [0.717, 1.165) is 6.42 Å². The molecule has 0 aliphatic carbocycles. The van der Waals surface area contributed by atoms with Crippen molar-refractivity contribution in [1.82, 2.24) is 0 Å². The minimum atomic E-state index is -0.566. The van der Waals surface area contributed by atoms with Gasteiger partial charge in [-0.3, -0.25) is 0 Å². The van der Waals surface area contributed by atoms with E-state index in [1.165, 1.54) is 0 Å². The molecule has 0 amide bonds. The van der Waals surface area contributed by atoms with Crippen LogP contribution in [0.25, 0.3) is 0 Å². The molecule has 1 aliphatic heterocycles. The summed E-state index contributed by atoms with van der Waals surface area (Å²) in [6.07, 6.45) is 0.484. The number of hydrogen-bond donors (Lipinski definition) is 1. The van der Waals surface area contributed by atoms with Crippen molar-refractivity contribution in [3.05, 3.63) is 0 Å². The molecule has 2 atom stereocenters. The Balaban J connectivity index is 2.55. The third-order valence-corrected chi connectivity index (χ3v) is 2.08. The molecule has 2 nitrogen and oxygen atoms in total. The molecule has 1 N–H and O–H groups in total. The highest BCUT2D eigenvalue weighted by atomic mass is 16.6. The highest BCUT2D eigenvalue weighted by Gasteiger charge is 2.34. The first-order chi connectivity index (χ1) is 4.52. The summed E-state index contributed by atoms with van der Waals surface area (Å²) in [4.78, 5) is 0. The van der Waals surface area contributed by atoms with Crippen LogP contribution in [0.15, 0.2) is 0 Å². The molecule has 0 aromatic carbocycles. The summed E-state index contributed by atoms with van der Waals surface area (Å²) < 4.78 is 5.16. The molecule has 0 aromatic rings. The first-order valence-electron chi connectivity index (χ1n) is 3.82. The second kappa shape index (κ2) is 2.51. The van der Waals surface area contributed by atoms with Gasteiger partial charge in [0.1, 0.15) is 0 Å². The Morgan fingerprint density at radius 2 is 2.10 bits per heavy atom. The normalized spacial score (nSPS) is 39.6. The lowest BCUT2D eigenvalue weighted by molar-refractivity contribution is -0.205. The Morgan fingerprint density at radius 1 is 1.50 bits per heavy atom. The van der Waals surface area contributed by atoms with Crippen LogP contribution in [0.2, 0.25) is 0 Å². The molecular formula is C8H16O2. The van der Waals surface area contributed by atoms with Gasteiger partial charge in [-0.1, -0.05) is 20.8 Å². The third kappa shape index (κ3) is 1.50. The number of aliphatic hydroxyl groups excluding tert-OH is 1. The lowest BCUT2D eigenvalue weighted by Crippen LogP contribution is -2.39. The zero-order valence-electron chi connectivity index (χ0n) is 6.92. The summed E-state index contributed by atoms with van der Waals surface area (Å²) in [7, 11) is 0. The second-order valence-corrected chi connectivity index (χ2v) is 3.98. The maximum atomic E-state index is 9.33. The zero-order chi connectivity index (χ0) is 7.78. The molecule has 1 aliphatic rings. The van der Waals surface area contributed by atoms with Crippen molar-refractivity contribution in [3.63, 3.8) is 0 Å². The maximum absolute atomic E-state index is 9.33. The molecule has 1 heterocycles. The Labute approximate surface area is 62.2 Å². The van der Waals surface area contributed by atoms with Crippen molar-refractivity contribution in [3.8, 4) is 0 Å². The van der Waals surface area contributed by atoms with Crippen LogP contribution in [0.1, 0.15) is 27.2 Å². The molecule has 0 bridgehead atoms. The van der Waals surface area contributed by atoms with E-state index in [-0.39, 0.29) is 5.41 Å². The molecule has 2 unspecified atom stereocenters. The Morgan fingerprint density at radius 3 is 2.50 bits per heavy atom. The van der Waals surface area contributed by atoms with Gasteiger partial charge in [0.25, 0.3) is 0 Å². The fourth-order valence-corrected chi connectivity index (χ4v) is 1.54. The van der Waals surface area contributed by atoms with E-state index in [9.17, 15) is 5.11 Å². The first kappa shape index (κ1) is 8.02. The van der Waals surface area contributed by atoms with E-state index < -0.39 is 6.29 Å². The van der Waals surface area contributed by atoms with Crippen LogP contribution in [0, 0.1) is 11.3 Å². The predicted octanol–water partition coefficient (Wildman–Crippen LogP) is 1.39. The van der Waals surface area contributed by atoms with Crippen molar-refractivity contribution < 1.29 is 9.84 Å². The van der Waals surface area contributed by atoms with Crippen LogP contribution in [0.3, 0.4) is 0 Å². The summed E-state index contributed by atoms with van der Waals surface area (Å²) in [5.41, 5.74) is -0.0579. The highest BCUT2D eigenvalue weighted by Crippen LogP contribution is 2.34. The Bertz CT molecular complexity index is 120. The molecule has 60 valence electrons. The molecule has 1 saturated heterocycles. The van der Waals surface area contributed by atoms with Gasteiger partial charge in [0.15, 0.2) is 6.29 Å². The lowest BCUT2D eigenvalue weighted by Gasteiger charge is -2.37. The highest BCUT2D eigenvalue weighted by molar-refractivity contribution is 4.78. The molecule has 0 spiro atoms. The Kier molecular flexibility index (Phi) is 2.02. The topological polar surface area (TPSA) is 29.5 Å². The van der Waals surface area contributed by atoms with Crippen molar-refractivity contribution >= 4 is 0 Å². The van der Waals surface area contributed by atoms with Gasteiger partial charge in [-0.2, -0.15) is 0 Å². The number of rotatable bonds is 0. The SMILES string of the molecule is CC1COC(O)C(C)(C)C1. The van der Waals surface area contributed by atoms with Gasteiger partial charge in [-0.25, -0.2) is 0 Å². The average molecular weight is 144 g/mol. The van der Waals surface area contributed by atoms with Gasteiger partial charge in [0.2, 0.25) is 0 Å². The monoisotopic (exact) mass is 144 g/mol. The van der Waals surface area contributed by atoms with Crippen molar-refractivity contribution in [2.75, 3.05) is 6.61 Å². The number of aliphatic hydroxyl groups is 1. The molecule has 10 heavy (non-hydrogen) atoms. The second-order valence-electron chi connectivity index (χ2n) is 3.98. The molecular weight excluding hydrogens is 128 g/mol. The smallest absolute Gasteiger partial charge is 0.159 e. The molecule has 0 aromatic heterocycles. The minimum Gasteiger partial charge on any atom is -0.368 e. The van der Waals surface area contributed by atoms with Crippen LogP contribution in [0.4, 0.5) is 0 Å². The minimum absolute atomic E-state index is 0.0579. The van der Waals surface area contributed by atoms with E-state index in [0.29, 0.717) is 12.5 Å². The molecule has 1 fully saturated rings. The predicted molar refractivity (Wildman–Crippen MR) is 39.5 cm³/mol. The van der Waals surface area contributed by atoms with Crippen molar-refractivity contribution in [2.24, 2.45) is 11.3 Å². The first-order valence-corrected chi connectivity index (χ1v) is 3.82. The average Bonchev–Trinajstić information content (AvgIpc) is 1.78. The van der Waals surface area contributed by atoms with E-state index in [1.807, 2.05) is 13.8 Å². The van der Waals surface area contributed by atoms with Crippen LogP contribution in [0.5, 0.6) is 0 Å². The van der Waals surface area contributed by atoms with Gasteiger partial charge in [0, 0.05) is 5.41 Å². The molecule has 0 saturated carbocycles. The summed E-state index contributed by atoms with van der Waals surface area (Å²) >= 11 is 0. The van der Waals surface area contributed by atoms with E-state index in [4.69, 9.17) is 4.74 Å². The van der Waals surface area contributed by atoms with Crippen molar-refractivity contribution in [1.29, 1.82) is 0 Å². The molecule has 1 rings (SSSR count). The van der Waals surface area contributed by atoms with Gasteiger partial charge >= 0.3 is 0 Å². The lowest BCUT2D eigenvalue weighted by atomic mass is 9.81. The third-order valence-electron chi connectivity index (χ3n) is 2.08. The number of hydrogen-bond acceptors (Lipinski definition) is 2. The van der Waals surface area contributed by atoms with Gasteiger partial charge in [-0.15, -0.1) is 0 Å². The summed E-state index contributed by atoms with van der Waals surface area (Å²) in [5, 5.41) is 9.33. The molecule has 0 radical (unpaired) electrons. The Hall–Kier alpha value is -0.0800. The van der Waals surface area contributed by atoms with E-state index >= 15 is 0 Å². The summed E-state index contributed by atoms with van der Waals surface area (Å²) in [6, 6.07) is 0. The van der Waals surface area contributed by atoms with Crippen LogP contribution >= 0.6 is 0 Å². The summed E-state index contributed by atoms with van der Waals surface area (Å²) in [6.45, 7) is 6.92. The van der Waals surface area contributed by atoms with Crippen LogP contribution < -0.4 is 0 Å². The quantitative estimate of drug-likeness (QED) is 0.556.